The van der Waals surface area contributed by atoms with Crippen molar-refractivity contribution in [3.63, 3.8) is 0 Å². The lowest BCUT2D eigenvalue weighted by Crippen LogP contribution is -2.39. The zero-order valence-electron chi connectivity index (χ0n) is 15.0. The SMILES string of the molecule is N#CCNC(=O)[C@@H]1CCCC[C@H]1CS(=O)(=O)c1ccc(SCCN)c(F)c1. The number of hydrogen-bond acceptors (Lipinski definition) is 6. The number of hydrogen-bond donors (Lipinski definition) is 2. The molecule has 0 spiro atoms. The van der Waals surface area contributed by atoms with Crippen LogP contribution in [0.5, 0.6) is 0 Å². The molecule has 1 amide bonds. The molecule has 0 bridgehead atoms. The first-order valence-electron chi connectivity index (χ1n) is 8.89. The molecule has 1 aliphatic rings. The quantitative estimate of drug-likeness (QED) is 0.498. The summed E-state index contributed by atoms with van der Waals surface area (Å²) in [5.74, 6) is -1.29. The number of sulfone groups is 1. The number of nitrogens with one attached hydrogen (secondary N) is 1. The zero-order valence-corrected chi connectivity index (χ0v) is 16.6. The molecule has 0 unspecified atom stereocenters. The number of benzene rings is 1. The molecular weight excluding hydrogens is 389 g/mol. The van der Waals surface area contributed by atoms with Crippen molar-refractivity contribution < 1.29 is 17.6 Å². The van der Waals surface area contributed by atoms with Crippen molar-refractivity contribution in [2.45, 2.75) is 35.5 Å². The summed E-state index contributed by atoms with van der Waals surface area (Å²) in [7, 11) is -3.73. The molecular formula is C18H24FN3O3S2. The van der Waals surface area contributed by atoms with E-state index >= 15 is 0 Å². The Morgan fingerprint density at radius 2 is 2.11 bits per heavy atom. The van der Waals surface area contributed by atoms with Gasteiger partial charge in [0.2, 0.25) is 5.91 Å². The van der Waals surface area contributed by atoms with Crippen LogP contribution >= 0.6 is 11.8 Å². The molecule has 0 aliphatic heterocycles. The Bertz CT molecular complexity index is 809. The van der Waals surface area contributed by atoms with Crippen molar-refractivity contribution in [2.75, 3.05) is 24.6 Å². The van der Waals surface area contributed by atoms with E-state index in [0.717, 1.165) is 18.9 Å². The lowest BCUT2D eigenvalue weighted by Gasteiger charge is -2.30. The molecule has 0 radical (unpaired) electrons. The fourth-order valence-corrected chi connectivity index (χ4v) is 5.76. The molecule has 1 fully saturated rings. The molecule has 3 N–H and O–H groups in total. The Balaban J connectivity index is 2.14. The maximum absolute atomic E-state index is 14.2. The van der Waals surface area contributed by atoms with Gasteiger partial charge in [-0.25, -0.2) is 12.8 Å². The number of nitrogens with two attached hydrogens (primary N) is 1. The predicted molar refractivity (Wildman–Crippen MR) is 102 cm³/mol. The molecule has 2 atom stereocenters. The van der Waals surface area contributed by atoms with E-state index in [1.54, 1.807) is 0 Å². The summed E-state index contributed by atoms with van der Waals surface area (Å²) in [5, 5.41) is 11.1. The Kier molecular flexibility index (Phi) is 8.07. The number of halogens is 1. The number of thioether (sulfide) groups is 1. The molecule has 0 saturated heterocycles. The van der Waals surface area contributed by atoms with Gasteiger partial charge in [0.15, 0.2) is 9.84 Å². The monoisotopic (exact) mass is 413 g/mol. The molecule has 6 nitrogen and oxygen atoms in total. The summed E-state index contributed by atoms with van der Waals surface area (Å²) in [6.45, 7) is 0.309. The minimum atomic E-state index is -3.73. The first kappa shape index (κ1) is 21.7. The molecule has 27 heavy (non-hydrogen) atoms. The fourth-order valence-electron chi connectivity index (χ4n) is 3.35. The van der Waals surface area contributed by atoms with Crippen molar-refractivity contribution >= 4 is 27.5 Å². The van der Waals surface area contributed by atoms with Crippen molar-refractivity contribution in [3.05, 3.63) is 24.0 Å². The molecule has 148 valence electrons. The van der Waals surface area contributed by atoms with Crippen molar-refractivity contribution in [3.8, 4) is 6.07 Å². The highest BCUT2D eigenvalue weighted by atomic mass is 32.2. The molecule has 1 saturated carbocycles. The predicted octanol–water partition coefficient (Wildman–Crippen LogP) is 2.10. The van der Waals surface area contributed by atoms with Crippen LogP contribution in [0.3, 0.4) is 0 Å². The Hall–Kier alpha value is -1.63. The topological polar surface area (TPSA) is 113 Å². The van der Waals surface area contributed by atoms with Crippen molar-refractivity contribution in [2.24, 2.45) is 17.6 Å². The third-order valence-electron chi connectivity index (χ3n) is 4.66. The van der Waals surface area contributed by atoms with Gasteiger partial charge in [0, 0.05) is 23.1 Å². The van der Waals surface area contributed by atoms with Crippen LogP contribution in [0.25, 0.3) is 0 Å². The summed E-state index contributed by atoms with van der Waals surface area (Å²) in [4.78, 5) is 12.6. The van der Waals surface area contributed by atoms with E-state index in [1.807, 2.05) is 6.07 Å². The Morgan fingerprint density at radius 1 is 1.37 bits per heavy atom. The smallest absolute Gasteiger partial charge is 0.224 e. The lowest BCUT2D eigenvalue weighted by atomic mass is 9.80. The van der Waals surface area contributed by atoms with E-state index in [1.165, 1.54) is 23.9 Å². The van der Waals surface area contributed by atoms with Crippen LogP contribution in [0.1, 0.15) is 25.7 Å². The van der Waals surface area contributed by atoms with Crippen LogP contribution in [0, 0.1) is 29.0 Å². The molecule has 0 heterocycles. The maximum atomic E-state index is 14.2. The lowest BCUT2D eigenvalue weighted by molar-refractivity contribution is -0.127. The summed E-state index contributed by atoms with van der Waals surface area (Å²) in [5.41, 5.74) is 5.41. The van der Waals surface area contributed by atoms with E-state index in [4.69, 9.17) is 11.0 Å². The normalized spacial score (nSPS) is 20.0. The van der Waals surface area contributed by atoms with Crippen LogP contribution in [-0.4, -0.2) is 38.9 Å². The van der Waals surface area contributed by atoms with Crippen LogP contribution in [0.2, 0.25) is 0 Å². The average Bonchev–Trinajstić information content (AvgIpc) is 2.65. The standard InChI is InChI=1S/C18H24FN3O3S2/c19-16-11-14(5-6-17(16)26-10-8-21)27(24,25)12-13-3-1-2-4-15(13)18(23)22-9-7-20/h5-6,11,13,15H,1-4,8-10,12,21H2,(H,22,23)/t13-,15+/m0/s1. The van der Waals surface area contributed by atoms with Crippen molar-refractivity contribution in [1.82, 2.24) is 5.32 Å². The van der Waals surface area contributed by atoms with Gasteiger partial charge in [0.1, 0.15) is 12.4 Å². The number of nitriles is 1. The van der Waals surface area contributed by atoms with Crippen LogP contribution in [-0.2, 0) is 14.6 Å². The average molecular weight is 414 g/mol. The minimum Gasteiger partial charge on any atom is -0.343 e. The highest BCUT2D eigenvalue weighted by molar-refractivity contribution is 7.99. The summed E-state index contributed by atoms with van der Waals surface area (Å²) in [6.07, 6.45) is 2.92. The third kappa shape index (κ3) is 5.92. The number of carbonyl (C=O) groups is 1. The van der Waals surface area contributed by atoms with Gasteiger partial charge in [0.05, 0.1) is 16.7 Å². The first-order chi connectivity index (χ1) is 12.9. The van der Waals surface area contributed by atoms with Gasteiger partial charge >= 0.3 is 0 Å². The van der Waals surface area contributed by atoms with Crippen LogP contribution < -0.4 is 11.1 Å². The first-order valence-corrected chi connectivity index (χ1v) is 11.5. The van der Waals surface area contributed by atoms with Gasteiger partial charge in [-0.3, -0.25) is 4.79 Å². The van der Waals surface area contributed by atoms with E-state index in [0.29, 0.717) is 30.0 Å². The Labute approximate surface area is 163 Å². The summed E-state index contributed by atoms with van der Waals surface area (Å²) in [6, 6.07) is 5.76. The number of amides is 1. The fraction of sp³-hybridized carbons (Fsp3) is 0.556. The van der Waals surface area contributed by atoms with Gasteiger partial charge in [-0.05, 0) is 37.0 Å². The van der Waals surface area contributed by atoms with Gasteiger partial charge in [0.25, 0.3) is 0 Å². The van der Waals surface area contributed by atoms with E-state index in [-0.39, 0.29) is 29.0 Å². The summed E-state index contributed by atoms with van der Waals surface area (Å²) < 4.78 is 39.8. The highest BCUT2D eigenvalue weighted by Gasteiger charge is 2.34. The second kappa shape index (κ2) is 10.1. The second-order valence-corrected chi connectivity index (χ2v) is 9.71. The van der Waals surface area contributed by atoms with Gasteiger partial charge in [-0.15, -0.1) is 11.8 Å². The maximum Gasteiger partial charge on any atom is 0.224 e. The minimum absolute atomic E-state index is 0.0705. The molecule has 0 aromatic heterocycles. The number of carbonyl (C=O) groups excluding carboxylic acids is 1. The van der Waals surface area contributed by atoms with E-state index in [9.17, 15) is 17.6 Å². The molecule has 1 aromatic carbocycles. The van der Waals surface area contributed by atoms with Gasteiger partial charge in [-0.2, -0.15) is 5.26 Å². The van der Waals surface area contributed by atoms with E-state index < -0.39 is 21.6 Å². The number of nitrogens with zero attached hydrogens (tertiary/aromatic N) is 1. The van der Waals surface area contributed by atoms with Gasteiger partial charge in [-0.1, -0.05) is 12.8 Å². The Morgan fingerprint density at radius 3 is 2.78 bits per heavy atom. The molecule has 1 aliphatic carbocycles. The highest BCUT2D eigenvalue weighted by Crippen LogP contribution is 2.33. The molecule has 1 aromatic rings. The number of rotatable bonds is 8. The largest absolute Gasteiger partial charge is 0.343 e. The van der Waals surface area contributed by atoms with E-state index in [2.05, 4.69) is 5.32 Å². The third-order valence-corrected chi connectivity index (χ3v) is 7.58. The van der Waals surface area contributed by atoms with Crippen LogP contribution in [0.15, 0.2) is 28.0 Å². The molecule has 2 rings (SSSR count). The second-order valence-electron chi connectivity index (χ2n) is 6.54. The summed E-state index contributed by atoms with van der Waals surface area (Å²) >= 11 is 1.24. The van der Waals surface area contributed by atoms with Crippen molar-refractivity contribution in [1.29, 1.82) is 5.26 Å². The van der Waals surface area contributed by atoms with Crippen LogP contribution in [0.4, 0.5) is 4.39 Å². The molecule has 9 heteroatoms. The zero-order chi connectivity index (χ0) is 19.9. The van der Waals surface area contributed by atoms with Gasteiger partial charge < -0.3 is 11.1 Å².